The summed E-state index contributed by atoms with van der Waals surface area (Å²) in [5, 5.41) is 0. The van der Waals surface area contributed by atoms with Crippen LogP contribution in [0.2, 0.25) is 0 Å². The predicted octanol–water partition coefficient (Wildman–Crippen LogP) is 6.44. The van der Waals surface area contributed by atoms with Crippen LogP contribution in [0.1, 0.15) is 11.1 Å². The van der Waals surface area contributed by atoms with Gasteiger partial charge in [-0.1, -0.05) is 0 Å². The van der Waals surface area contributed by atoms with Crippen molar-refractivity contribution >= 4 is 8.15 Å². The van der Waals surface area contributed by atoms with Crippen molar-refractivity contribution in [3.8, 4) is 22.5 Å². The average molecular weight is 709 g/mol. The van der Waals surface area contributed by atoms with Gasteiger partial charge < -0.3 is 0 Å². The van der Waals surface area contributed by atoms with Crippen molar-refractivity contribution in [1.82, 2.24) is 9.97 Å². The fraction of sp³-hybridized carbons (Fsp3) is 0.0833. The molecule has 0 fully saturated rings. The van der Waals surface area contributed by atoms with E-state index in [-0.39, 0.29) is 30.7 Å². The first-order valence-corrected chi connectivity index (χ1v) is 12.3. The second-order valence-corrected chi connectivity index (χ2v) is 10.6. The van der Waals surface area contributed by atoms with Gasteiger partial charge in [-0.3, -0.25) is 0 Å². The SMILES string of the molecule is Fc1cc(F)c(-c2ccc(C(F)(F)F)cn2)[c]([Ir-][c]2cc(F)cc(F)c2-c2ccc(C(F)(F)F)cn2)c1. The molecule has 0 amide bonds. The summed E-state index contributed by atoms with van der Waals surface area (Å²) >= 11 is -2.06. The molecule has 0 aliphatic carbocycles. The van der Waals surface area contributed by atoms with E-state index in [1.54, 1.807) is 0 Å². The summed E-state index contributed by atoms with van der Waals surface area (Å²) in [7, 11) is 0. The molecule has 13 heteroatoms. The molecule has 4 aromatic rings. The molecule has 2 aromatic heterocycles. The van der Waals surface area contributed by atoms with Crippen LogP contribution in [-0.4, -0.2) is 9.97 Å². The zero-order valence-corrected chi connectivity index (χ0v) is 20.2. The Bertz CT molecular complexity index is 1340. The Balaban J connectivity index is 1.83. The number of benzene rings is 2. The third-order valence-electron chi connectivity index (χ3n) is 4.85. The fourth-order valence-corrected chi connectivity index (χ4v) is 6.67. The molecule has 0 saturated carbocycles. The summed E-state index contributed by atoms with van der Waals surface area (Å²) in [5.41, 5.74) is -3.53. The summed E-state index contributed by atoms with van der Waals surface area (Å²) in [4.78, 5) is 7.25. The number of halogens is 10. The second kappa shape index (κ2) is 9.86. The van der Waals surface area contributed by atoms with Gasteiger partial charge in [0, 0.05) is 0 Å². The van der Waals surface area contributed by atoms with Crippen LogP contribution < -0.4 is 8.15 Å². The fourth-order valence-electron chi connectivity index (χ4n) is 3.19. The molecule has 2 nitrogen and oxygen atoms in total. The van der Waals surface area contributed by atoms with E-state index in [0.29, 0.717) is 36.7 Å². The molecule has 0 aliphatic heterocycles. The summed E-state index contributed by atoms with van der Waals surface area (Å²) in [6.07, 6.45) is -8.51. The molecule has 0 unspecified atom stereocenters. The topological polar surface area (TPSA) is 25.8 Å². The van der Waals surface area contributed by atoms with Crippen LogP contribution in [0.4, 0.5) is 43.9 Å². The van der Waals surface area contributed by atoms with E-state index in [2.05, 4.69) is 9.97 Å². The van der Waals surface area contributed by atoms with Crippen LogP contribution >= 0.6 is 0 Å². The summed E-state index contributed by atoms with van der Waals surface area (Å²) in [6, 6.07) is 5.74. The molecule has 0 atom stereocenters. The summed E-state index contributed by atoms with van der Waals surface area (Å²) in [6.45, 7) is 0. The van der Waals surface area contributed by atoms with Crippen LogP contribution in [0, 0.1) is 23.3 Å². The number of hydrogen-bond donors (Lipinski definition) is 0. The summed E-state index contributed by atoms with van der Waals surface area (Å²) in [5.74, 6) is -4.45. The first kappa shape index (κ1) is 26.7. The molecule has 196 valence electrons. The molecule has 0 saturated heterocycles. The molecule has 0 spiro atoms. The van der Waals surface area contributed by atoms with Gasteiger partial charge in [0.1, 0.15) is 0 Å². The van der Waals surface area contributed by atoms with Crippen LogP contribution in [0.15, 0.2) is 60.9 Å². The van der Waals surface area contributed by atoms with E-state index in [9.17, 15) is 43.9 Å². The van der Waals surface area contributed by atoms with Crippen molar-refractivity contribution in [3.05, 3.63) is 95.3 Å². The quantitative estimate of drug-likeness (QED) is 0.229. The Labute approximate surface area is 210 Å². The Kier molecular flexibility index (Phi) is 7.13. The van der Waals surface area contributed by atoms with Crippen molar-refractivity contribution in [3.63, 3.8) is 0 Å². The molecule has 0 N–H and O–H groups in total. The van der Waals surface area contributed by atoms with Gasteiger partial charge in [-0.15, -0.1) is 0 Å². The number of rotatable bonds is 4. The van der Waals surface area contributed by atoms with Gasteiger partial charge in [-0.2, -0.15) is 0 Å². The Morgan fingerprint density at radius 1 is 0.541 bits per heavy atom. The monoisotopic (exact) mass is 709 g/mol. The van der Waals surface area contributed by atoms with Crippen LogP contribution in [0.5, 0.6) is 0 Å². The van der Waals surface area contributed by atoms with Gasteiger partial charge in [0.25, 0.3) is 0 Å². The molecule has 0 radical (unpaired) electrons. The predicted molar refractivity (Wildman–Crippen MR) is 108 cm³/mol. The van der Waals surface area contributed by atoms with Crippen molar-refractivity contribution in [1.29, 1.82) is 0 Å². The number of nitrogens with zero attached hydrogens (tertiary/aromatic N) is 2. The minimum absolute atomic E-state index is 0.108. The molecule has 2 heterocycles. The van der Waals surface area contributed by atoms with Crippen LogP contribution in [0.25, 0.3) is 22.5 Å². The van der Waals surface area contributed by atoms with Gasteiger partial charge in [0.2, 0.25) is 0 Å². The first-order valence-electron chi connectivity index (χ1n) is 9.89. The van der Waals surface area contributed by atoms with E-state index in [1.165, 1.54) is 0 Å². The molecular weight excluding hydrogens is 698 g/mol. The molecule has 4 rings (SSSR count). The minimum atomic E-state index is -4.72. The number of alkyl halides is 6. The number of aromatic nitrogens is 2. The standard InChI is InChI=1S/2C12H5F5N.Ir/c2*13-8-2-3-9(10(14)5-8)11-4-1-7(6-18-11)12(15,16)17;/h2*1-2,4-6H;/q;;-1. The Morgan fingerprint density at radius 3 is 1.22 bits per heavy atom. The number of pyridine rings is 2. The third-order valence-corrected chi connectivity index (χ3v) is 8.03. The molecule has 2 aromatic carbocycles. The van der Waals surface area contributed by atoms with E-state index >= 15 is 0 Å². The van der Waals surface area contributed by atoms with Gasteiger partial charge >= 0.3 is 210 Å². The molecule has 0 bridgehead atoms. The second-order valence-electron chi connectivity index (χ2n) is 7.38. The van der Waals surface area contributed by atoms with Crippen molar-refractivity contribution < 1.29 is 61.6 Å². The van der Waals surface area contributed by atoms with Crippen molar-refractivity contribution in [2.45, 2.75) is 12.4 Å². The normalized spacial score (nSPS) is 12.3. The van der Waals surface area contributed by atoms with Crippen LogP contribution in [0.3, 0.4) is 0 Å². The van der Waals surface area contributed by atoms with Crippen molar-refractivity contribution in [2.24, 2.45) is 0 Å². The summed E-state index contributed by atoms with van der Waals surface area (Å²) < 4.78 is 135. The van der Waals surface area contributed by atoms with E-state index in [4.69, 9.17) is 0 Å². The number of hydrogen-bond acceptors (Lipinski definition) is 2. The maximum atomic E-state index is 14.8. The van der Waals surface area contributed by atoms with E-state index in [1.807, 2.05) is 0 Å². The van der Waals surface area contributed by atoms with Gasteiger partial charge in [-0.05, 0) is 0 Å². The third kappa shape index (κ3) is 5.83. The Morgan fingerprint density at radius 2 is 0.919 bits per heavy atom. The average Bonchev–Trinajstić information content (AvgIpc) is 2.77. The maximum absolute atomic E-state index is 14.8. The zero-order valence-electron chi connectivity index (χ0n) is 17.8. The zero-order chi connectivity index (χ0) is 27.1. The van der Waals surface area contributed by atoms with E-state index < -0.39 is 64.4 Å². The Hall–Kier alpha value is -3.31. The van der Waals surface area contributed by atoms with Crippen molar-refractivity contribution in [2.75, 3.05) is 0 Å². The van der Waals surface area contributed by atoms with E-state index in [0.717, 1.165) is 24.3 Å². The molecule has 37 heavy (non-hydrogen) atoms. The van der Waals surface area contributed by atoms with Gasteiger partial charge in [0.15, 0.2) is 0 Å². The van der Waals surface area contributed by atoms with Crippen LogP contribution in [-0.2, 0) is 30.0 Å². The van der Waals surface area contributed by atoms with Gasteiger partial charge in [0.05, 0.1) is 0 Å². The van der Waals surface area contributed by atoms with Gasteiger partial charge in [-0.25, -0.2) is 0 Å². The molecular formula is C24H10F10IrN2-. The molecule has 0 aliphatic rings. The first-order chi connectivity index (χ1) is 17.2.